The minimum absolute atomic E-state index is 0.105. The average molecular weight is 480 g/mol. The fourth-order valence-electron chi connectivity index (χ4n) is 5.19. The number of ether oxygens (including phenoxy) is 1. The lowest BCUT2D eigenvalue weighted by atomic mass is 9.85. The first-order valence-electron chi connectivity index (χ1n) is 11.5. The summed E-state index contributed by atoms with van der Waals surface area (Å²) >= 11 is 1.42. The van der Waals surface area contributed by atoms with Crippen molar-refractivity contribution in [2.45, 2.75) is 19.0 Å². The first kappa shape index (κ1) is 20.3. The predicted molar refractivity (Wildman–Crippen MR) is 137 cm³/mol. The molecule has 172 valence electrons. The molecule has 1 aliphatic heterocycles. The molecule has 7 heteroatoms. The van der Waals surface area contributed by atoms with Crippen molar-refractivity contribution in [1.29, 1.82) is 0 Å². The van der Waals surface area contributed by atoms with Crippen molar-refractivity contribution in [1.82, 2.24) is 10.3 Å². The molecule has 2 aliphatic rings. The second kappa shape index (κ2) is 7.71. The summed E-state index contributed by atoms with van der Waals surface area (Å²) in [6.45, 7) is 0. The highest BCUT2D eigenvalue weighted by Gasteiger charge is 2.33. The number of nitrogens with one attached hydrogen (secondary N) is 2. The van der Waals surface area contributed by atoms with Gasteiger partial charge in [0.15, 0.2) is 0 Å². The van der Waals surface area contributed by atoms with E-state index in [1.165, 1.54) is 22.5 Å². The quantitative estimate of drug-likeness (QED) is 0.323. The minimum atomic E-state index is -0.361. The summed E-state index contributed by atoms with van der Waals surface area (Å²) in [5, 5.41) is 7.63. The summed E-state index contributed by atoms with van der Waals surface area (Å²) in [6, 6.07) is 20.0. The van der Waals surface area contributed by atoms with Gasteiger partial charge in [0.25, 0.3) is 5.91 Å². The number of hydrogen-bond donors (Lipinski definition) is 2. The van der Waals surface area contributed by atoms with Crippen molar-refractivity contribution < 1.29 is 13.9 Å². The third-order valence-electron chi connectivity index (χ3n) is 6.84. The Hall–Kier alpha value is -4.10. The van der Waals surface area contributed by atoms with E-state index >= 15 is 0 Å². The average Bonchev–Trinajstić information content (AvgIpc) is 3.56. The fourth-order valence-corrected chi connectivity index (χ4v) is 6.24. The molecule has 5 aromatic rings. The Morgan fingerprint density at radius 1 is 1.03 bits per heavy atom. The normalized spacial score (nSPS) is 16.1. The van der Waals surface area contributed by atoms with E-state index in [2.05, 4.69) is 34.9 Å². The lowest BCUT2D eigenvalue weighted by Crippen LogP contribution is -2.37. The summed E-state index contributed by atoms with van der Waals surface area (Å²) in [6.07, 6.45) is 3.15. The zero-order valence-corrected chi connectivity index (χ0v) is 19.7. The number of methoxy groups -OCH3 is 1. The van der Waals surface area contributed by atoms with Crippen LogP contribution in [0.3, 0.4) is 0 Å². The van der Waals surface area contributed by atoms with E-state index in [4.69, 9.17) is 14.1 Å². The molecule has 4 heterocycles. The number of pyridine rings is 1. The molecule has 3 aromatic heterocycles. The van der Waals surface area contributed by atoms with Crippen LogP contribution in [-0.2, 0) is 12.8 Å². The molecule has 6 nitrogen and oxygen atoms in total. The Balaban J connectivity index is 1.46. The first-order valence-corrected chi connectivity index (χ1v) is 12.4. The number of rotatable bonds is 3. The number of furan rings is 1. The highest BCUT2D eigenvalue weighted by molar-refractivity contribution is 7.21. The number of fused-ring (bicyclic) bond motifs is 6. The largest absolute Gasteiger partial charge is 0.497 e. The number of aryl methyl sites for hydroxylation is 1. The smallest absolute Gasteiger partial charge is 0.265 e. The molecule has 1 amide bonds. The number of carbonyl (C=O) groups excluding carboxylic acids is 1. The fraction of sp³-hybridized carbons (Fsp3) is 0.143. The molecule has 0 saturated carbocycles. The predicted octanol–water partition coefficient (Wildman–Crippen LogP) is 6.18. The van der Waals surface area contributed by atoms with Crippen LogP contribution in [0.25, 0.3) is 32.8 Å². The molecule has 0 radical (unpaired) electrons. The molecule has 35 heavy (non-hydrogen) atoms. The van der Waals surface area contributed by atoms with Crippen LogP contribution in [0.15, 0.2) is 71.3 Å². The summed E-state index contributed by atoms with van der Waals surface area (Å²) in [4.78, 5) is 19.9. The summed E-state index contributed by atoms with van der Waals surface area (Å²) < 4.78 is 11.2. The van der Waals surface area contributed by atoms with Gasteiger partial charge in [0.2, 0.25) is 0 Å². The van der Waals surface area contributed by atoms with Crippen molar-refractivity contribution in [3.63, 3.8) is 0 Å². The topological polar surface area (TPSA) is 76.4 Å². The molecular formula is C28H21N3O3S. The van der Waals surface area contributed by atoms with E-state index < -0.39 is 0 Å². The molecule has 0 unspecified atom stereocenters. The Morgan fingerprint density at radius 3 is 2.69 bits per heavy atom. The summed E-state index contributed by atoms with van der Waals surface area (Å²) in [7, 11) is 1.64. The monoisotopic (exact) mass is 479 g/mol. The van der Waals surface area contributed by atoms with Crippen LogP contribution in [0.4, 0.5) is 5.69 Å². The van der Waals surface area contributed by atoms with Gasteiger partial charge in [0.05, 0.1) is 24.8 Å². The van der Waals surface area contributed by atoms with E-state index in [0.717, 1.165) is 62.6 Å². The maximum atomic E-state index is 13.3. The molecule has 0 fully saturated rings. The lowest BCUT2D eigenvalue weighted by Gasteiger charge is -2.27. The molecule has 2 N–H and O–H groups in total. The van der Waals surface area contributed by atoms with Gasteiger partial charge in [-0.1, -0.05) is 36.4 Å². The van der Waals surface area contributed by atoms with Crippen molar-refractivity contribution in [3.05, 3.63) is 88.5 Å². The maximum absolute atomic E-state index is 13.3. The van der Waals surface area contributed by atoms with Gasteiger partial charge in [-0.25, -0.2) is 4.98 Å². The molecule has 1 atom stereocenters. The third-order valence-corrected chi connectivity index (χ3v) is 7.93. The number of anilines is 1. The van der Waals surface area contributed by atoms with Gasteiger partial charge < -0.3 is 19.8 Å². The minimum Gasteiger partial charge on any atom is -0.497 e. The van der Waals surface area contributed by atoms with Crippen LogP contribution in [0.1, 0.15) is 32.5 Å². The maximum Gasteiger partial charge on any atom is 0.265 e. The summed E-state index contributed by atoms with van der Waals surface area (Å²) in [5.41, 5.74) is 7.39. The van der Waals surface area contributed by atoms with Gasteiger partial charge in [-0.05, 0) is 53.8 Å². The number of thiophene rings is 1. The van der Waals surface area contributed by atoms with E-state index in [-0.39, 0.29) is 12.1 Å². The molecule has 1 aliphatic carbocycles. The van der Waals surface area contributed by atoms with Gasteiger partial charge in [-0.2, -0.15) is 0 Å². The molecule has 0 bridgehead atoms. The zero-order chi connectivity index (χ0) is 23.5. The molecule has 0 spiro atoms. The van der Waals surface area contributed by atoms with Crippen molar-refractivity contribution in [2.24, 2.45) is 0 Å². The van der Waals surface area contributed by atoms with Gasteiger partial charge >= 0.3 is 0 Å². The Bertz CT molecular complexity index is 1600. The highest BCUT2D eigenvalue weighted by Crippen LogP contribution is 2.49. The SMILES string of the molecule is COc1ccc([C@H]2NC(=O)c3sc4nc5c(c(-c6ccco6)c4c3N2)CCc2ccccc2-5)cc1. The Kier molecular flexibility index (Phi) is 4.47. The second-order valence-electron chi connectivity index (χ2n) is 8.76. The van der Waals surface area contributed by atoms with Gasteiger partial charge in [0.1, 0.15) is 27.4 Å². The Labute approximate surface area is 205 Å². The van der Waals surface area contributed by atoms with E-state index in [1.54, 1.807) is 13.4 Å². The van der Waals surface area contributed by atoms with Crippen LogP contribution >= 0.6 is 11.3 Å². The van der Waals surface area contributed by atoms with Crippen LogP contribution in [0, 0.1) is 0 Å². The number of hydrogen-bond acceptors (Lipinski definition) is 6. The van der Waals surface area contributed by atoms with Crippen molar-refractivity contribution >= 4 is 33.1 Å². The number of aromatic nitrogens is 1. The van der Waals surface area contributed by atoms with E-state index in [1.807, 2.05) is 36.4 Å². The zero-order valence-electron chi connectivity index (χ0n) is 18.9. The molecule has 0 saturated heterocycles. The second-order valence-corrected chi connectivity index (χ2v) is 9.76. The molecule has 2 aromatic carbocycles. The molecular weight excluding hydrogens is 458 g/mol. The van der Waals surface area contributed by atoms with Gasteiger partial charge in [-0.3, -0.25) is 4.79 Å². The lowest BCUT2D eigenvalue weighted by molar-refractivity contribution is 0.0940. The standard InChI is InChI=1S/C28H21N3O3S/c1-33-17-11-8-16(9-12-17)26-29-24-22-21(20-7-4-14-34-20)19-13-10-15-5-2-3-6-18(15)23(19)30-28(22)35-25(24)27(32)31-26/h2-9,11-12,14,26,29H,10,13H2,1H3,(H,31,32)/t26-/m1/s1. The first-order chi connectivity index (χ1) is 17.2. The third kappa shape index (κ3) is 3.08. The van der Waals surface area contributed by atoms with Gasteiger partial charge in [-0.15, -0.1) is 11.3 Å². The number of benzene rings is 2. The number of amides is 1. The van der Waals surface area contributed by atoms with Crippen LogP contribution in [0.5, 0.6) is 5.75 Å². The van der Waals surface area contributed by atoms with Crippen LogP contribution in [-0.4, -0.2) is 18.0 Å². The summed E-state index contributed by atoms with van der Waals surface area (Å²) in [5.74, 6) is 1.46. The van der Waals surface area contributed by atoms with Crippen LogP contribution in [0.2, 0.25) is 0 Å². The number of carbonyl (C=O) groups is 1. The highest BCUT2D eigenvalue weighted by atomic mass is 32.1. The Morgan fingerprint density at radius 2 is 1.89 bits per heavy atom. The molecule has 7 rings (SSSR count). The van der Waals surface area contributed by atoms with Crippen molar-refractivity contribution in [2.75, 3.05) is 12.4 Å². The van der Waals surface area contributed by atoms with E-state index in [0.29, 0.717) is 4.88 Å². The van der Waals surface area contributed by atoms with E-state index in [9.17, 15) is 4.79 Å². The number of nitrogens with zero attached hydrogens (tertiary/aromatic N) is 1. The van der Waals surface area contributed by atoms with Crippen LogP contribution < -0.4 is 15.4 Å². The van der Waals surface area contributed by atoms with Gasteiger partial charge in [0, 0.05) is 16.5 Å². The van der Waals surface area contributed by atoms with Crippen molar-refractivity contribution in [3.8, 4) is 28.3 Å².